The van der Waals surface area contributed by atoms with Crippen LogP contribution in [0.5, 0.6) is 0 Å². The Labute approximate surface area is 171 Å². The summed E-state index contributed by atoms with van der Waals surface area (Å²) in [6, 6.07) is -0.0219. The van der Waals surface area contributed by atoms with Gasteiger partial charge in [0.15, 0.2) is 0 Å². The molecule has 0 saturated carbocycles. The van der Waals surface area contributed by atoms with Crippen LogP contribution in [0.1, 0.15) is 18.5 Å². The monoisotopic (exact) mass is 430 g/mol. The zero-order chi connectivity index (χ0) is 20.9. The number of β-amino-alcohol motifs (C(OH)–C–C–N with tert-alkyl or cyclic N) is 1. The highest BCUT2D eigenvalue weighted by Gasteiger charge is 2.40. The van der Waals surface area contributed by atoms with Gasteiger partial charge in [-0.1, -0.05) is 5.21 Å². The van der Waals surface area contributed by atoms with E-state index in [1.165, 1.54) is 11.4 Å². The lowest BCUT2D eigenvalue weighted by atomic mass is 10.2. The van der Waals surface area contributed by atoms with Gasteiger partial charge in [0.2, 0.25) is 10.0 Å². The van der Waals surface area contributed by atoms with E-state index in [2.05, 4.69) is 24.8 Å². The number of piperazine rings is 1. The Hall–Kier alpha value is -1.60. The lowest BCUT2D eigenvalue weighted by Crippen LogP contribution is -2.52. The van der Waals surface area contributed by atoms with Crippen LogP contribution in [0, 0.1) is 0 Å². The second-order valence-electron chi connectivity index (χ2n) is 7.48. The molecule has 29 heavy (non-hydrogen) atoms. The number of nitrogens with zero attached hydrogens (tertiary/aromatic N) is 6. The largest absolute Gasteiger partial charge is 0.469 e. The van der Waals surface area contributed by atoms with Crippen molar-refractivity contribution in [3.8, 4) is 0 Å². The van der Waals surface area contributed by atoms with E-state index in [9.17, 15) is 13.2 Å². The van der Waals surface area contributed by atoms with Gasteiger partial charge >= 0.3 is 5.97 Å². The molecule has 164 valence electrons. The summed E-state index contributed by atoms with van der Waals surface area (Å²) in [6.07, 6.45) is 2.62. The quantitative estimate of drug-likeness (QED) is 0.460. The average Bonchev–Trinajstić information content (AvgIpc) is 3.26. The number of aromatic nitrogens is 3. The third kappa shape index (κ3) is 5.95. The van der Waals surface area contributed by atoms with Crippen LogP contribution in [-0.4, -0.2) is 113 Å². The number of hydrogen-bond donors (Lipinski definition) is 1. The van der Waals surface area contributed by atoms with Crippen LogP contribution < -0.4 is 0 Å². The number of sulfonamides is 1. The van der Waals surface area contributed by atoms with Crippen molar-refractivity contribution in [2.45, 2.75) is 32.0 Å². The smallest absolute Gasteiger partial charge is 0.305 e. The van der Waals surface area contributed by atoms with Gasteiger partial charge in [0.25, 0.3) is 0 Å². The van der Waals surface area contributed by atoms with Gasteiger partial charge in [0.05, 0.1) is 31.7 Å². The molecule has 3 rings (SSSR count). The Bertz CT molecular complexity index is 777. The lowest BCUT2D eigenvalue weighted by Gasteiger charge is -2.37. The maximum atomic E-state index is 12.6. The van der Waals surface area contributed by atoms with Crippen LogP contribution in [0.3, 0.4) is 0 Å². The highest BCUT2D eigenvalue weighted by Crippen LogP contribution is 2.22. The summed E-state index contributed by atoms with van der Waals surface area (Å²) < 4.78 is 33.0. The van der Waals surface area contributed by atoms with Crippen LogP contribution in [0.15, 0.2) is 6.20 Å². The summed E-state index contributed by atoms with van der Waals surface area (Å²) in [5, 5.41) is 17.1. The van der Waals surface area contributed by atoms with Crippen LogP contribution in [-0.2, 0) is 32.6 Å². The molecule has 0 spiro atoms. The molecule has 0 amide bonds. The highest BCUT2D eigenvalue weighted by molar-refractivity contribution is 7.89. The summed E-state index contributed by atoms with van der Waals surface area (Å²) >= 11 is 0. The number of aliphatic hydroxyl groups excluding tert-OH is 1. The van der Waals surface area contributed by atoms with Gasteiger partial charge in [-0.2, -0.15) is 4.31 Å². The molecular formula is C17H30N6O5S. The van der Waals surface area contributed by atoms with Crippen LogP contribution in [0.25, 0.3) is 0 Å². The van der Waals surface area contributed by atoms with Crippen molar-refractivity contribution in [3.63, 3.8) is 0 Å². The lowest BCUT2D eigenvalue weighted by molar-refractivity contribution is -0.140. The van der Waals surface area contributed by atoms with Gasteiger partial charge in [-0.15, -0.1) is 5.10 Å². The van der Waals surface area contributed by atoms with Crippen molar-refractivity contribution in [2.24, 2.45) is 0 Å². The van der Waals surface area contributed by atoms with Crippen molar-refractivity contribution in [2.75, 3.05) is 58.7 Å². The SMILES string of the molecule is COC(=O)CCCn1cc(CN2CC(N3CCN(CCO)CC3)CS2(=O)=O)nn1. The normalized spacial score (nSPS) is 23.4. The van der Waals surface area contributed by atoms with E-state index in [1.807, 2.05) is 0 Å². The van der Waals surface area contributed by atoms with E-state index in [-0.39, 0.29) is 30.9 Å². The number of esters is 1. The van der Waals surface area contributed by atoms with E-state index >= 15 is 0 Å². The van der Waals surface area contributed by atoms with Crippen molar-refractivity contribution >= 4 is 16.0 Å². The summed E-state index contributed by atoms with van der Waals surface area (Å²) in [5.74, 6) is -0.142. The van der Waals surface area contributed by atoms with Crippen LogP contribution in [0.4, 0.5) is 0 Å². The van der Waals surface area contributed by atoms with Crippen molar-refractivity contribution in [1.29, 1.82) is 0 Å². The minimum atomic E-state index is -3.33. The maximum absolute atomic E-state index is 12.6. The molecule has 2 saturated heterocycles. The number of aliphatic hydroxyl groups is 1. The minimum absolute atomic E-state index is 0.0219. The summed E-state index contributed by atoms with van der Waals surface area (Å²) in [4.78, 5) is 15.6. The Balaban J connectivity index is 1.50. The number of hydrogen-bond acceptors (Lipinski definition) is 9. The molecule has 0 aromatic carbocycles. The topological polar surface area (TPSA) is 121 Å². The third-order valence-electron chi connectivity index (χ3n) is 5.47. The molecule has 1 atom stereocenters. The van der Waals surface area contributed by atoms with Gasteiger partial charge < -0.3 is 9.84 Å². The predicted molar refractivity (Wildman–Crippen MR) is 104 cm³/mol. The predicted octanol–water partition coefficient (Wildman–Crippen LogP) is -1.64. The van der Waals surface area contributed by atoms with E-state index in [4.69, 9.17) is 5.11 Å². The first-order valence-corrected chi connectivity index (χ1v) is 11.5. The molecule has 0 aliphatic carbocycles. The first-order chi connectivity index (χ1) is 13.9. The molecule has 2 aliphatic rings. The molecule has 1 unspecified atom stereocenters. The van der Waals surface area contributed by atoms with Crippen molar-refractivity contribution in [1.82, 2.24) is 29.1 Å². The molecule has 1 N–H and O–H groups in total. The second-order valence-corrected chi connectivity index (χ2v) is 9.49. The van der Waals surface area contributed by atoms with Crippen molar-refractivity contribution in [3.05, 3.63) is 11.9 Å². The van der Waals surface area contributed by atoms with E-state index in [0.29, 0.717) is 38.2 Å². The zero-order valence-electron chi connectivity index (χ0n) is 16.8. The highest BCUT2D eigenvalue weighted by atomic mass is 32.2. The van der Waals surface area contributed by atoms with Gasteiger partial charge in [0.1, 0.15) is 0 Å². The Kier molecular flexibility index (Phi) is 7.57. The minimum Gasteiger partial charge on any atom is -0.469 e. The zero-order valence-corrected chi connectivity index (χ0v) is 17.6. The Morgan fingerprint density at radius 3 is 2.72 bits per heavy atom. The standard InChI is InChI=1S/C17H30N6O5S/c1-28-17(25)3-2-4-22-11-15(18-19-22)12-23-13-16(14-29(23,26)27)21-7-5-20(6-8-21)9-10-24/h11,16,24H,2-10,12-14H2,1H3. The summed E-state index contributed by atoms with van der Waals surface area (Å²) in [7, 11) is -1.97. The van der Waals surface area contributed by atoms with E-state index < -0.39 is 10.0 Å². The van der Waals surface area contributed by atoms with Gasteiger partial charge in [-0.25, -0.2) is 8.42 Å². The molecule has 3 heterocycles. The Morgan fingerprint density at radius 2 is 2.03 bits per heavy atom. The Morgan fingerprint density at radius 1 is 1.28 bits per heavy atom. The molecule has 2 aliphatic heterocycles. The number of rotatable bonds is 9. The maximum Gasteiger partial charge on any atom is 0.305 e. The fourth-order valence-corrected chi connectivity index (χ4v) is 5.56. The number of carbonyl (C=O) groups is 1. The average molecular weight is 431 g/mol. The number of carbonyl (C=O) groups excluding carboxylic acids is 1. The second kappa shape index (κ2) is 9.94. The molecule has 0 bridgehead atoms. The first-order valence-electron chi connectivity index (χ1n) is 9.92. The third-order valence-corrected chi connectivity index (χ3v) is 7.34. The van der Waals surface area contributed by atoms with E-state index in [1.54, 1.807) is 10.9 Å². The number of ether oxygens (including phenoxy) is 1. The van der Waals surface area contributed by atoms with Crippen LogP contribution >= 0.6 is 0 Å². The fraction of sp³-hybridized carbons (Fsp3) is 0.824. The van der Waals surface area contributed by atoms with Crippen molar-refractivity contribution < 1.29 is 23.1 Å². The molecule has 12 heteroatoms. The summed E-state index contributed by atoms with van der Waals surface area (Å²) in [6.45, 7) is 5.31. The van der Waals surface area contributed by atoms with Gasteiger partial charge in [-0.3, -0.25) is 19.3 Å². The molecule has 2 fully saturated rings. The van der Waals surface area contributed by atoms with Gasteiger partial charge in [-0.05, 0) is 6.42 Å². The van der Waals surface area contributed by atoms with Gasteiger partial charge in [0, 0.05) is 64.5 Å². The molecule has 1 aromatic heterocycles. The fourth-order valence-electron chi connectivity index (χ4n) is 3.82. The summed E-state index contributed by atoms with van der Waals surface area (Å²) in [5.41, 5.74) is 0.597. The van der Waals surface area contributed by atoms with Crippen LogP contribution in [0.2, 0.25) is 0 Å². The number of methoxy groups -OCH3 is 1. The molecule has 0 radical (unpaired) electrons. The molecular weight excluding hydrogens is 400 g/mol. The first kappa shape index (κ1) is 22.1. The van der Waals surface area contributed by atoms with E-state index in [0.717, 1.165) is 26.2 Å². The molecule has 11 nitrogen and oxygen atoms in total. The number of aryl methyl sites for hydroxylation is 1. The molecule has 1 aromatic rings.